The van der Waals surface area contributed by atoms with E-state index in [4.69, 9.17) is 4.99 Å². The Morgan fingerprint density at radius 2 is 1.31 bits per heavy atom. The molecule has 0 radical (unpaired) electrons. The molecule has 3 aromatic carbocycles. The highest BCUT2D eigenvalue weighted by atomic mass is 28.3. The first kappa shape index (κ1) is 21.0. The predicted molar refractivity (Wildman–Crippen MR) is 132 cm³/mol. The molecule has 2 heteroatoms. The van der Waals surface area contributed by atoms with Gasteiger partial charge in [-0.3, -0.25) is 4.99 Å². The number of hydrogen-bond acceptors (Lipinski definition) is 1. The second-order valence-electron chi connectivity index (χ2n) is 8.72. The van der Waals surface area contributed by atoms with Crippen LogP contribution in [0.15, 0.2) is 96.0 Å². The molecule has 0 saturated heterocycles. The Hall–Kier alpha value is -2.71. The number of hydrogen-bond donors (Lipinski definition) is 0. The van der Waals surface area contributed by atoms with Crippen molar-refractivity contribution >= 4 is 30.7 Å². The fraction of sp³-hybridized carbons (Fsp3) is 0.222. The lowest BCUT2D eigenvalue weighted by Gasteiger charge is -2.31. The number of rotatable bonds is 6. The van der Waals surface area contributed by atoms with Crippen LogP contribution in [-0.4, -0.2) is 19.8 Å². The van der Waals surface area contributed by atoms with Crippen LogP contribution in [0.2, 0.25) is 12.6 Å². The second kappa shape index (κ2) is 9.19. The van der Waals surface area contributed by atoms with Crippen molar-refractivity contribution in [3.8, 4) is 0 Å². The molecule has 0 aliphatic carbocycles. The molecule has 0 aliphatic rings. The van der Waals surface area contributed by atoms with Crippen LogP contribution in [0.1, 0.15) is 31.9 Å². The molecule has 0 aromatic heterocycles. The summed E-state index contributed by atoms with van der Waals surface area (Å²) in [7, 11) is -2.07. The van der Waals surface area contributed by atoms with Gasteiger partial charge in [0, 0.05) is 0 Å². The van der Waals surface area contributed by atoms with Gasteiger partial charge in [0.2, 0.25) is 0 Å². The van der Waals surface area contributed by atoms with E-state index >= 15 is 0 Å². The first-order valence-electron chi connectivity index (χ1n) is 10.3. The van der Waals surface area contributed by atoms with Crippen molar-refractivity contribution in [3.63, 3.8) is 0 Å². The van der Waals surface area contributed by atoms with Crippen molar-refractivity contribution in [1.29, 1.82) is 0 Å². The zero-order chi connectivity index (χ0) is 20.7. The lowest BCUT2D eigenvalue weighted by atomic mass is 10.1. The highest BCUT2D eigenvalue weighted by molar-refractivity contribution is 7.07. The molecule has 3 aromatic rings. The molecule has 0 saturated carbocycles. The molecule has 148 valence electrons. The Labute approximate surface area is 176 Å². The van der Waals surface area contributed by atoms with Crippen LogP contribution in [0.3, 0.4) is 0 Å². The molecular formula is C27H31NSi. The lowest BCUT2D eigenvalue weighted by Crippen LogP contribution is -2.46. The van der Waals surface area contributed by atoms with Gasteiger partial charge < -0.3 is 0 Å². The zero-order valence-corrected chi connectivity index (χ0v) is 19.0. The lowest BCUT2D eigenvalue weighted by molar-refractivity contribution is 0.586. The van der Waals surface area contributed by atoms with Crippen LogP contribution in [-0.2, 0) is 0 Å². The molecule has 0 amide bonds. The second-order valence-corrected chi connectivity index (χ2v) is 12.9. The molecule has 0 N–H and O–H groups in total. The van der Waals surface area contributed by atoms with Gasteiger partial charge in [-0.1, -0.05) is 109 Å². The summed E-state index contributed by atoms with van der Waals surface area (Å²) >= 11 is 0. The van der Waals surface area contributed by atoms with Crippen molar-refractivity contribution in [3.05, 3.63) is 102 Å². The van der Waals surface area contributed by atoms with E-state index in [2.05, 4.69) is 131 Å². The van der Waals surface area contributed by atoms with Crippen molar-refractivity contribution in [1.82, 2.24) is 0 Å². The maximum absolute atomic E-state index is 4.83. The summed E-state index contributed by atoms with van der Waals surface area (Å²) in [4.78, 5) is 4.83. The number of aliphatic imine (C=N–C) groups is 1. The van der Waals surface area contributed by atoms with Crippen LogP contribution in [0.5, 0.6) is 0 Å². The third kappa shape index (κ3) is 5.64. The highest BCUT2D eigenvalue weighted by Crippen LogP contribution is 2.31. The summed E-state index contributed by atoms with van der Waals surface area (Å²) < 4.78 is 0. The first-order valence-corrected chi connectivity index (χ1v) is 13.0. The van der Waals surface area contributed by atoms with E-state index in [1.165, 1.54) is 21.5 Å². The van der Waals surface area contributed by atoms with Gasteiger partial charge in [0.25, 0.3) is 0 Å². The minimum atomic E-state index is -2.07. The fourth-order valence-electron chi connectivity index (χ4n) is 3.59. The van der Waals surface area contributed by atoms with Gasteiger partial charge in [0.15, 0.2) is 0 Å². The summed E-state index contributed by atoms with van der Waals surface area (Å²) in [6.07, 6.45) is 4.56. The van der Waals surface area contributed by atoms with E-state index in [9.17, 15) is 0 Å². The summed E-state index contributed by atoms with van der Waals surface area (Å²) in [5.74, 6) is 0. The van der Waals surface area contributed by atoms with Crippen LogP contribution in [0.4, 0.5) is 0 Å². The van der Waals surface area contributed by atoms with Gasteiger partial charge in [-0.25, -0.2) is 0 Å². The maximum Gasteiger partial charge on any atom is 0.121 e. The van der Waals surface area contributed by atoms with Crippen molar-refractivity contribution in [2.75, 3.05) is 0 Å². The van der Waals surface area contributed by atoms with Crippen molar-refractivity contribution in [2.45, 2.75) is 38.9 Å². The summed E-state index contributed by atoms with van der Waals surface area (Å²) in [6, 6.07) is 33.5. The third-order valence-corrected chi connectivity index (χ3v) is 9.41. The molecule has 0 bridgehead atoms. The monoisotopic (exact) mass is 397 g/mol. The average Bonchev–Trinajstić information content (AvgIpc) is 2.73. The average molecular weight is 398 g/mol. The van der Waals surface area contributed by atoms with Gasteiger partial charge in [0.05, 0.1) is 5.54 Å². The Morgan fingerprint density at radius 1 is 0.793 bits per heavy atom. The van der Waals surface area contributed by atoms with E-state index in [-0.39, 0.29) is 5.54 Å². The highest BCUT2D eigenvalue weighted by Gasteiger charge is 2.34. The molecule has 29 heavy (non-hydrogen) atoms. The largest absolute Gasteiger partial charge is 0.292 e. The quantitative estimate of drug-likeness (QED) is 0.252. The summed E-state index contributed by atoms with van der Waals surface area (Å²) in [5.41, 5.74) is 2.49. The molecule has 0 heterocycles. The molecule has 0 spiro atoms. The van der Waals surface area contributed by atoms with Gasteiger partial charge in [0.1, 0.15) is 8.07 Å². The third-order valence-electron chi connectivity index (χ3n) is 5.18. The fourth-order valence-corrected chi connectivity index (χ4v) is 7.03. The Morgan fingerprint density at radius 3 is 1.86 bits per heavy atom. The van der Waals surface area contributed by atoms with E-state index in [0.29, 0.717) is 0 Å². The summed E-state index contributed by atoms with van der Waals surface area (Å²) in [6.45, 7) is 8.94. The molecule has 1 unspecified atom stereocenters. The molecule has 1 nitrogen and oxygen atoms in total. The molecule has 0 aliphatic heterocycles. The molecular weight excluding hydrogens is 366 g/mol. The molecule has 0 fully saturated rings. The molecule has 1 atom stereocenters. The van der Waals surface area contributed by atoms with Crippen molar-refractivity contribution < 1.29 is 0 Å². The Kier molecular flexibility index (Phi) is 6.66. The van der Waals surface area contributed by atoms with Crippen LogP contribution >= 0.6 is 0 Å². The standard InChI is InChI=1S/C27H31NSi/c1-27(2,3)28-20-21-29(4,25-18-12-7-13-19-25)26(24-16-10-6-11-17-24)22-23-14-8-5-9-15-23/h5-20,22H,21H2,1-4H3/b26-22+,28-20?. The van der Waals surface area contributed by atoms with E-state index in [1.807, 2.05) is 0 Å². The molecule has 3 rings (SSSR count). The Balaban J connectivity index is 2.17. The van der Waals surface area contributed by atoms with Crippen LogP contribution in [0, 0.1) is 0 Å². The van der Waals surface area contributed by atoms with Crippen LogP contribution in [0.25, 0.3) is 11.3 Å². The van der Waals surface area contributed by atoms with E-state index in [0.717, 1.165) is 6.04 Å². The van der Waals surface area contributed by atoms with E-state index < -0.39 is 8.07 Å². The minimum absolute atomic E-state index is 0.0535. The predicted octanol–water partition coefficient (Wildman–Crippen LogP) is 6.62. The number of nitrogens with zero attached hydrogens (tertiary/aromatic N) is 1. The SMILES string of the molecule is CC(C)(C)N=CC[Si](C)(/C(=C/c1ccccc1)c1ccccc1)c1ccccc1. The zero-order valence-electron chi connectivity index (χ0n) is 18.0. The Bertz CT molecular complexity index is 954. The van der Waals surface area contributed by atoms with E-state index in [1.54, 1.807) is 0 Å². The van der Waals surface area contributed by atoms with Gasteiger partial charge in [-0.2, -0.15) is 0 Å². The normalized spacial score (nSPS) is 14.7. The number of benzene rings is 3. The van der Waals surface area contributed by atoms with Crippen LogP contribution < -0.4 is 5.19 Å². The summed E-state index contributed by atoms with van der Waals surface area (Å²) in [5, 5.41) is 2.88. The van der Waals surface area contributed by atoms with Gasteiger partial charge >= 0.3 is 0 Å². The van der Waals surface area contributed by atoms with Gasteiger partial charge in [-0.15, -0.1) is 0 Å². The smallest absolute Gasteiger partial charge is 0.121 e. The first-order chi connectivity index (χ1) is 13.9. The van der Waals surface area contributed by atoms with Gasteiger partial charge in [-0.05, 0) is 49.4 Å². The maximum atomic E-state index is 4.83. The van der Waals surface area contributed by atoms with Crippen molar-refractivity contribution in [2.24, 2.45) is 4.99 Å². The topological polar surface area (TPSA) is 12.4 Å². The minimum Gasteiger partial charge on any atom is -0.292 e.